The molecule has 0 saturated carbocycles. The van der Waals surface area contributed by atoms with Crippen molar-refractivity contribution in [2.24, 2.45) is 0 Å². The highest BCUT2D eigenvalue weighted by atomic mass is 16.5. The Morgan fingerprint density at radius 3 is 1.92 bits per heavy atom. The lowest BCUT2D eigenvalue weighted by molar-refractivity contribution is 0.172. The van der Waals surface area contributed by atoms with E-state index in [9.17, 15) is 9.90 Å². The number of carbonyl (C=O) groups excluding carboxylic acids is 1. The molecule has 0 unspecified atom stereocenters. The first-order valence-corrected chi connectivity index (χ1v) is 8.57. The molecule has 0 spiro atoms. The second-order valence-corrected chi connectivity index (χ2v) is 5.88. The third kappa shape index (κ3) is 5.39. The Morgan fingerprint density at radius 1 is 0.962 bits per heavy atom. The zero-order chi connectivity index (χ0) is 18.9. The minimum atomic E-state index is -0.785. The Bertz CT molecular complexity index is 686. The highest BCUT2D eigenvalue weighted by Gasteiger charge is 2.14. The Morgan fingerprint density at radius 2 is 1.46 bits per heavy atom. The number of hydrogen-bond acceptors (Lipinski definition) is 4. The predicted octanol–water partition coefficient (Wildman–Crippen LogP) is 3.19. The average molecular weight is 358 g/mol. The SMILES string of the molecule is CC[C@@H](NC(=O)NC[C@@H](O)c1ccc(OC)cc1)c1ccc(OC)cc1. The van der Waals surface area contributed by atoms with Crippen molar-refractivity contribution in [1.29, 1.82) is 0 Å². The van der Waals surface area contributed by atoms with E-state index in [0.717, 1.165) is 23.5 Å². The molecule has 0 aliphatic carbocycles. The van der Waals surface area contributed by atoms with Crippen molar-refractivity contribution in [1.82, 2.24) is 10.6 Å². The van der Waals surface area contributed by atoms with Gasteiger partial charge in [-0.2, -0.15) is 0 Å². The summed E-state index contributed by atoms with van der Waals surface area (Å²) in [5, 5.41) is 15.8. The average Bonchev–Trinajstić information content (AvgIpc) is 2.70. The third-order valence-corrected chi connectivity index (χ3v) is 4.19. The number of urea groups is 1. The first-order chi connectivity index (χ1) is 12.6. The van der Waals surface area contributed by atoms with E-state index in [1.165, 1.54) is 0 Å². The number of carbonyl (C=O) groups is 1. The molecule has 6 heteroatoms. The van der Waals surface area contributed by atoms with Gasteiger partial charge in [-0.25, -0.2) is 4.79 Å². The predicted molar refractivity (Wildman–Crippen MR) is 101 cm³/mol. The summed E-state index contributed by atoms with van der Waals surface area (Å²) in [6.07, 6.45) is -0.0337. The number of ether oxygens (including phenoxy) is 2. The summed E-state index contributed by atoms with van der Waals surface area (Å²) >= 11 is 0. The summed E-state index contributed by atoms with van der Waals surface area (Å²) in [5.41, 5.74) is 1.72. The van der Waals surface area contributed by atoms with Gasteiger partial charge in [0.05, 0.1) is 26.4 Å². The lowest BCUT2D eigenvalue weighted by Crippen LogP contribution is -2.39. The number of amides is 2. The first kappa shape index (κ1) is 19.6. The molecule has 2 aromatic carbocycles. The van der Waals surface area contributed by atoms with Gasteiger partial charge in [-0.15, -0.1) is 0 Å². The van der Waals surface area contributed by atoms with Crippen molar-refractivity contribution in [3.05, 3.63) is 59.7 Å². The molecule has 2 rings (SSSR count). The van der Waals surface area contributed by atoms with Crippen LogP contribution in [0.3, 0.4) is 0 Å². The molecule has 0 aliphatic rings. The van der Waals surface area contributed by atoms with Crippen LogP contribution in [0.2, 0.25) is 0 Å². The molecule has 3 N–H and O–H groups in total. The van der Waals surface area contributed by atoms with E-state index >= 15 is 0 Å². The van der Waals surface area contributed by atoms with Crippen LogP contribution in [0, 0.1) is 0 Å². The summed E-state index contributed by atoms with van der Waals surface area (Å²) in [6, 6.07) is 14.3. The highest BCUT2D eigenvalue weighted by molar-refractivity contribution is 5.74. The smallest absolute Gasteiger partial charge is 0.315 e. The Kier molecular flexibility index (Phi) is 7.29. The van der Waals surface area contributed by atoms with Crippen molar-refractivity contribution in [3.63, 3.8) is 0 Å². The molecular formula is C20H26N2O4. The molecule has 2 amide bonds. The fourth-order valence-corrected chi connectivity index (χ4v) is 2.60. The van der Waals surface area contributed by atoms with Gasteiger partial charge in [0.25, 0.3) is 0 Å². The van der Waals surface area contributed by atoms with E-state index < -0.39 is 6.10 Å². The van der Waals surface area contributed by atoms with Crippen molar-refractivity contribution in [2.75, 3.05) is 20.8 Å². The van der Waals surface area contributed by atoms with Crippen LogP contribution >= 0.6 is 0 Å². The van der Waals surface area contributed by atoms with Crippen LogP contribution in [-0.4, -0.2) is 31.9 Å². The quantitative estimate of drug-likeness (QED) is 0.677. The maximum Gasteiger partial charge on any atom is 0.315 e. The molecule has 2 aromatic rings. The van der Waals surface area contributed by atoms with Crippen LogP contribution in [0.1, 0.15) is 36.6 Å². The highest BCUT2D eigenvalue weighted by Crippen LogP contribution is 2.20. The molecule has 0 heterocycles. The second-order valence-electron chi connectivity index (χ2n) is 5.88. The summed E-state index contributed by atoms with van der Waals surface area (Å²) in [4.78, 5) is 12.2. The van der Waals surface area contributed by atoms with Gasteiger partial charge in [-0.3, -0.25) is 0 Å². The van der Waals surface area contributed by atoms with Gasteiger partial charge >= 0.3 is 6.03 Å². The van der Waals surface area contributed by atoms with Crippen LogP contribution < -0.4 is 20.1 Å². The van der Waals surface area contributed by atoms with Crippen LogP contribution in [0.15, 0.2) is 48.5 Å². The van der Waals surface area contributed by atoms with E-state index in [1.807, 2.05) is 31.2 Å². The number of hydrogen-bond donors (Lipinski definition) is 3. The molecule has 0 fully saturated rings. The number of nitrogens with one attached hydrogen (secondary N) is 2. The van der Waals surface area contributed by atoms with Crippen LogP contribution in [0.25, 0.3) is 0 Å². The summed E-state index contributed by atoms with van der Waals surface area (Å²) in [7, 11) is 3.20. The Hall–Kier alpha value is -2.73. The molecule has 0 saturated heterocycles. The van der Waals surface area contributed by atoms with E-state index in [4.69, 9.17) is 9.47 Å². The van der Waals surface area contributed by atoms with E-state index in [-0.39, 0.29) is 18.6 Å². The first-order valence-electron chi connectivity index (χ1n) is 8.57. The number of aliphatic hydroxyl groups excluding tert-OH is 1. The van der Waals surface area contributed by atoms with E-state index in [2.05, 4.69) is 10.6 Å². The molecule has 0 bridgehead atoms. The van der Waals surface area contributed by atoms with Gasteiger partial charge in [-0.05, 0) is 41.8 Å². The maximum absolute atomic E-state index is 12.2. The zero-order valence-electron chi connectivity index (χ0n) is 15.4. The van der Waals surface area contributed by atoms with Crippen molar-refractivity contribution in [3.8, 4) is 11.5 Å². The molecule has 0 aliphatic heterocycles. The van der Waals surface area contributed by atoms with Crippen molar-refractivity contribution in [2.45, 2.75) is 25.5 Å². The monoisotopic (exact) mass is 358 g/mol. The molecule has 6 nitrogen and oxygen atoms in total. The second kappa shape index (κ2) is 9.68. The number of benzene rings is 2. The molecule has 2 atom stereocenters. The fraction of sp³-hybridized carbons (Fsp3) is 0.350. The van der Waals surface area contributed by atoms with E-state index in [0.29, 0.717) is 5.56 Å². The van der Waals surface area contributed by atoms with Gasteiger partial charge < -0.3 is 25.2 Å². The normalized spacial score (nSPS) is 12.8. The number of methoxy groups -OCH3 is 2. The summed E-state index contributed by atoms with van der Waals surface area (Å²) < 4.78 is 10.2. The Labute approximate surface area is 154 Å². The Balaban J connectivity index is 1.87. The molecule has 0 aromatic heterocycles. The van der Waals surface area contributed by atoms with Gasteiger partial charge in [0.15, 0.2) is 0 Å². The van der Waals surface area contributed by atoms with Crippen LogP contribution in [0.4, 0.5) is 4.79 Å². The van der Waals surface area contributed by atoms with Crippen LogP contribution in [-0.2, 0) is 0 Å². The van der Waals surface area contributed by atoms with E-state index in [1.54, 1.807) is 38.5 Å². The largest absolute Gasteiger partial charge is 0.497 e. The summed E-state index contributed by atoms with van der Waals surface area (Å²) in [6.45, 7) is 2.12. The zero-order valence-corrected chi connectivity index (χ0v) is 15.4. The third-order valence-electron chi connectivity index (χ3n) is 4.19. The van der Waals surface area contributed by atoms with Gasteiger partial charge in [0.1, 0.15) is 11.5 Å². The lowest BCUT2D eigenvalue weighted by Gasteiger charge is -2.19. The van der Waals surface area contributed by atoms with Gasteiger partial charge in [0.2, 0.25) is 0 Å². The van der Waals surface area contributed by atoms with Crippen molar-refractivity contribution >= 4 is 6.03 Å². The van der Waals surface area contributed by atoms with Crippen LogP contribution in [0.5, 0.6) is 11.5 Å². The van der Waals surface area contributed by atoms with Crippen molar-refractivity contribution < 1.29 is 19.4 Å². The number of aliphatic hydroxyl groups is 1. The summed E-state index contributed by atoms with van der Waals surface area (Å²) in [5.74, 6) is 1.49. The minimum absolute atomic E-state index is 0.112. The topological polar surface area (TPSA) is 79.8 Å². The van der Waals surface area contributed by atoms with Gasteiger partial charge in [-0.1, -0.05) is 31.2 Å². The number of rotatable bonds is 8. The molecule has 0 radical (unpaired) electrons. The molecule has 140 valence electrons. The fourth-order valence-electron chi connectivity index (χ4n) is 2.60. The maximum atomic E-state index is 12.2. The van der Waals surface area contributed by atoms with Gasteiger partial charge in [0, 0.05) is 6.54 Å². The minimum Gasteiger partial charge on any atom is -0.497 e. The lowest BCUT2D eigenvalue weighted by atomic mass is 10.0. The molecule has 26 heavy (non-hydrogen) atoms. The molecular weight excluding hydrogens is 332 g/mol. The standard InChI is InChI=1S/C20H26N2O4/c1-4-18(14-5-9-16(25-2)10-6-14)22-20(24)21-13-19(23)15-7-11-17(26-3)12-8-15/h5-12,18-19,23H,4,13H2,1-3H3,(H2,21,22,24)/t18-,19-/m1/s1.